The average molecular weight is 461 g/mol. The molecule has 8 heteroatoms. The Morgan fingerprint density at radius 1 is 1.06 bits per heavy atom. The molecule has 0 saturated carbocycles. The van der Waals surface area contributed by atoms with Crippen molar-refractivity contribution < 1.29 is 13.2 Å². The van der Waals surface area contributed by atoms with Crippen LogP contribution >= 0.6 is 0 Å². The number of carbonyl (C=O) groups is 1. The van der Waals surface area contributed by atoms with Crippen molar-refractivity contribution in [2.75, 3.05) is 16.8 Å². The van der Waals surface area contributed by atoms with Crippen molar-refractivity contribution >= 4 is 32.5 Å². The van der Waals surface area contributed by atoms with E-state index in [1.807, 2.05) is 68.4 Å². The number of nitrogens with zero attached hydrogens (tertiary/aromatic N) is 3. The van der Waals surface area contributed by atoms with Crippen LogP contribution in [0.2, 0.25) is 0 Å². The van der Waals surface area contributed by atoms with Crippen LogP contribution in [0.3, 0.4) is 0 Å². The van der Waals surface area contributed by atoms with E-state index in [-0.39, 0.29) is 23.5 Å². The minimum Gasteiger partial charge on any atom is -0.322 e. The minimum atomic E-state index is -3.11. The maximum atomic E-state index is 13.5. The molecule has 33 heavy (non-hydrogen) atoms. The largest absolute Gasteiger partial charge is 0.322 e. The normalized spacial score (nSPS) is 17.3. The van der Waals surface area contributed by atoms with Crippen molar-refractivity contribution in [3.05, 3.63) is 77.5 Å². The number of hydrogen-bond acceptors (Lipinski definition) is 5. The number of benzene rings is 2. The molecule has 1 aliphatic heterocycles. The summed E-state index contributed by atoms with van der Waals surface area (Å²) in [5.74, 6) is -0.0852. The third-order valence-electron chi connectivity index (χ3n) is 6.10. The molecule has 3 heterocycles. The van der Waals surface area contributed by atoms with Gasteiger partial charge in [0.1, 0.15) is 0 Å². The Morgan fingerprint density at radius 2 is 1.79 bits per heavy atom. The number of anilines is 1. The standard InChI is InChI=1S/C25H24N4O3S/c1-16-8-6-7-11-21(16)27-25(30)20-14-22(18-9-4-3-5-10-18)26-24-23(20)17(2)28-29(24)19-12-13-33(31,32)15-19/h3-11,14,19H,12-13,15H2,1-2H3,(H,27,30). The molecule has 1 unspecified atom stereocenters. The first-order valence-electron chi connectivity index (χ1n) is 10.8. The number of aromatic nitrogens is 3. The Kier molecular flexibility index (Phi) is 5.25. The van der Waals surface area contributed by atoms with Crippen LogP contribution in [0.4, 0.5) is 5.69 Å². The van der Waals surface area contributed by atoms with Gasteiger partial charge in [-0.15, -0.1) is 0 Å². The summed E-state index contributed by atoms with van der Waals surface area (Å²) in [7, 11) is -3.11. The van der Waals surface area contributed by atoms with E-state index in [2.05, 4.69) is 10.4 Å². The Bertz CT molecular complexity index is 1480. The van der Waals surface area contributed by atoms with Gasteiger partial charge in [0, 0.05) is 11.3 Å². The second kappa shape index (κ2) is 8.12. The van der Waals surface area contributed by atoms with Crippen molar-refractivity contribution in [3.63, 3.8) is 0 Å². The Hall–Kier alpha value is -3.52. The van der Waals surface area contributed by atoms with Crippen molar-refractivity contribution in [3.8, 4) is 11.3 Å². The van der Waals surface area contributed by atoms with Crippen LogP contribution in [0.15, 0.2) is 60.7 Å². The Labute approximate surface area is 192 Å². The first-order chi connectivity index (χ1) is 15.8. The number of aryl methyl sites for hydroxylation is 2. The molecule has 0 bridgehead atoms. The van der Waals surface area contributed by atoms with Gasteiger partial charge >= 0.3 is 0 Å². The number of rotatable bonds is 4. The van der Waals surface area contributed by atoms with Gasteiger partial charge in [0.2, 0.25) is 0 Å². The van der Waals surface area contributed by atoms with Crippen molar-refractivity contribution in [2.24, 2.45) is 0 Å². The highest BCUT2D eigenvalue weighted by molar-refractivity contribution is 7.91. The molecule has 1 aliphatic rings. The highest BCUT2D eigenvalue weighted by Crippen LogP contribution is 2.32. The van der Waals surface area contributed by atoms with Gasteiger partial charge in [0.25, 0.3) is 5.91 Å². The van der Waals surface area contributed by atoms with Gasteiger partial charge in [0.05, 0.1) is 39.9 Å². The van der Waals surface area contributed by atoms with Gasteiger partial charge in [-0.3, -0.25) is 4.79 Å². The predicted octanol–water partition coefficient (Wildman–Crippen LogP) is 4.33. The maximum Gasteiger partial charge on any atom is 0.256 e. The molecular weight excluding hydrogens is 436 g/mol. The molecule has 0 radical (unpaired) electrons. The Morgan fingerprint density at radius 3 is 2.48 bits per heavy atom. The highest BCUT2D eigenvalue weighted by atomic mass is 32.2. The van der Waals surface area contributed by atoms with Crippen LogP contribution < -0.4 is 5.32 Å². The summed E-state index contributed by atoms with van der Waals surface area (Å²) >= 11 is 0. The van der Waals surface area contributed by atoms with Crippen LogP contribution in [0.5, 0.6) is 0 Å². The average Bonchev–Trinajstić information content (AvgIpc) is 3.34. The molecule has 1 N–H and O–H groups in total. The van der Waals surface area contributed by atoms with Gasteiger partial charge in [-0.25, -0.2) is 18.1 Å². The van der Waals surface area contributed by atoms with E-state index in [0.29, 0.717) is 34.4 Å². The number of hydrogen-bond donors (Lipinski definition) is 1. The smallest absolute Gasteiger partial charge is 0.256 e. The predicted molar refractivity (Wildman–Crippen MR) is 129 cm³/mol. The third kappa shape index (κ3) is 4.02. The lowest BCUT2D eigenvalue weighted by Crippen LogP contribution is -2.15. The van der Waals surface area contributed by atoms with Crippen molar-refractivity contribution in [1.82, 2.24) is 14.8 Å². The summed E-state index contributed by atoms with van der Waals surface area (Å²) in [6, 6.07) is 18.7. The second-order valence-corrected chi connectivity index (χ2v) is 10.7. The number of carbonyl (C=O) groups excluding carboxylic acids is 1. The zero-order valence-electron chi connectivity index (χ0n) is 18.4. The molecule has 0 spiro atoms. The molecule has 7 nitrogen and oxygen atoms in total. The summed E-state index contributed by atoms with van der Waals surface area (Å²) in [5.41, 5.74) is 4.85. The number of sulfone groups is 1. The third-order valence-corrected chi connectivity index (χ3v) is 7.85. The molecule has 1 atom stereocenters. The van der Waals surface area contributed by atoms with Crippen molar-refractivity contribution in [1.29, 1.82) is 0 Å². The Balaban J connectivity index is 1.69. The van der Waals surface area contributed by atoms with Crippen LogP contribution in [0.25, 0.3) is 22.3 Å². The molecule has 2 aromatic heterocycles. The lowest BCUT2D eigenvalue weighted by Gasteiger charge is -2.13. The fraction of sp³-hybridized carbons (Fsp3) is 0.240. The SMILES string of the molecule is Cc1ccccc1NC(=O)c1cc(-c2ccccc2)nc2c1c(C)nn2C1CCS(=O)(=O)C1. The summed E-state index contributed by atoms with van der Waals surface area (Å²) in [4.78, 5) is 18.3. The van der Waals surface area contributed by atoms with Crippen LogP contribution in [0.1, 0.15) is 34.1 Å². The zero-order chi connectivity index (χ0) is 23.2. The number of pyridine rings is 1. The summed E-state index contributed by atoms with van der Waals surface area (Å²) in [6.45, 7) is 3.77. The summed E-state index contributed by atoms with van der Waals surface area (Å²) < 4.78 is 26.0. The molecule has 4 aromatic rings. The van der Waals surface area contributed by atoms with Crippen LogP contribution in [-0.4, -0.2) is 40.6 Å². The number of fused-ring (bicyclic) bond motifs is 1. The molecule has 1 fully saturated rings. The van der Waals surface area contributed by atoms with E-state index in [4.69, 9.17) is 4.98 Å². The van der Waals surface area contributed by atoms with E-state index in [9.17, 15) is 13.2 Å². The van der Waals surface area contributed by atoms with Crippen LogP contribution in [-0.2, 0) is 9.84 Å². The lowest BCUT2D eigenvalue weighted by atomic mass is 10.0. The van der Waals surface area contributed by atoms with Gasteiger partial charge in [0.15, 0.2) is 15.5 Å². The molecular formula is C25H24N4O3S. The molecule has 5 rings (SSSR count). The minimum absolute atomic E-state index is 0.0329. The molecule has 2 aromatic carbocycles. The maximum absolute atomic E-state index is 13.5. The highest BCUT2D eigenvalue weighted by Gasteiger charge is 2.32. The van der Waals surface area contributed by atoms with Crippen LogP contribution in [0, 0.1) is 13.8 Å². The molecule has 168 valence electrons. The van der Waals surface area contributed by atoms with Crippen molar-refractivity contribution in [2.45, 2.75) is 26.3 Å². The van der Waals surface area contributed by atoms with E-state index in [0.717, 1.165) is 16.8 Å². The first-order valence-corrected chi connectivity index (χ1v) is 12.7. The summed E-state index contributed by atoms with van der Waals surface area (Å²) in [6.07, 6.45) is 0.487. The van der Waals surface area contributed by atoms with E-state index < -0.39 is 9.84 Å². The van der Waals surface area contributed by atoms with Gasteiger partial charge in [-0.1, -0.05) is 48.5 Å². The second-order valence-electron chi connectivity index (χ2n) is 8.48. The summed E-state index contributed by atoms with van der Waals surface area (Å²) in [5, 5.41) is 8.31. The fourth-order valence-corrected chi connectivity index (χ4v) is 6.07. The van der Waals surface area contributed by atoms with E-state index in [1.54, 1.807) is 10.7 Å². The number of amides is 1. The fourth-order valence-electron chi connectivity index (χ4n) is 4.37. The van der Waals surface area contributed by atoms with Gasteiger partial charge in [-0.05, 0) is 38.0 Å². The zero-order valence-corrected chi connectivity index (χ0v) is 19.3. The number of para-hydroxylation sites is 1. The quantitative estimate of drug-likeness (QED) is 0.489. The van der Waals surface area contributed by atoms with E-state index in [1.165, 1.54) is 0 Å². The van der Waals surface area contributed by atoms with E-state index >= 15 is 0 Å². The molecule has 1 saturated heterocycles. The first kappa shape index (κ1) is 21.3. The monoisotopic (exact) mass is 460 g/mol. The van der Waals surface area contributed by atoms with Gasteiger partial charge < -0.3 is 5.32 Å². The molecule has 1 amide bonds. The topological polar surface area (TPSA) is 93.9 Å². The molecule has 0 aliphatic carbocycles. The lowest BCUT2D eigenvalue weighted by molar-refractivity contribution is 0.102. The number of nitrogens with one attached hydrogen (secondary N) is 1. The van der Waals surface area contributed by atoms with Gasteiger partial charge in [-0.2, -0.15) is 5.10 Å².